The minimum Gasteiger partial charge on any atom is -0.310 e. The Bertz CT molecular complexity index is 2230. The zero-order valence-electron chi connectivity index (χ0n) is 28.4. The van der Waals surface area contributed by atoms with Crippen molar-refractivity contribution < 1.29 is 4.79 Å². The molecule has 48 heavy (non-hydrogen) atoms. The lowest BCUT2D eigenvalue weighted by atomic mass is 9.69. The van der Waals surface area contributed by atoms with Crippen LogP contribution < -0.4 is 4.90 Å². The number of nitrogens with zero attached hydrogens (tertiary/aromatic N) is 1. The van der Waals surface area contributed by atoms with E-state index in [-0.39, 0.29) is 16.7 Å². The number of rotatable bonds is 6. The number of hydrogen-bond acceptors (Lipinski definition) is 2. The second-order valence-corrected chi connectivity index (χ2v) is 14.8. The van der Waals surface area contributed by atoms with E-state index in [1.54, 1.807) is 0 Å². The Balaban J connectivity index is 1.28. The summed E-state index contributed by atoms with van der Waals surface area (Å²) >= 11 is 0. The molecule has 2 heteroatoms. The van der Waals surface area contributed by atoms with Crippen LogP contribution in [0.1, 0.15) is 51.7 Å². The molecule has 0 N–H and O–H groups in total. The first-order valence-electron chi connectivity index (χ1n) is 17.0. The van der Waals surface area contributed by atoms with Crippen molar-refractivity contribution >= 4 is 44.9 Å². The van der Waals surface area contributed by atoms with Gasteiger partial charge in [0, 0.05) is 28.4 Å². The standard InChI is InChI=1S/C46H41NO/c1-7-37-39-26-44-40(27-43(39)45(3,4)41(37)22-29(2)28-48)38-21-20-36(25-42(38)46(44,5)6)47(34-18-16-30-12-8-10-14-32(30)23-34)35-19-17-31-13-9-11-15-33(31)24-35/h7-28,40,44H,1H2,2-6H3/b29-22+. The third-order valence-electron chi connectivity index (χ3n) is 11.2. The van der Waals surface area contributed by atoms with Crippen LogP contribution in [0, 0.1) is 11.3 Å². The average Bonchev–Trinajstić information content (AvgIpc) is 3.45. The van der Waals surface area contributed by atoms with Crippen molar-refractivity contribution in [3.8, 4) is 0 Å². The van der Waals surface area contributed by atoms with Crippen LogP contribution in [0.4, 0.5) is 17.1 Å². The van der Waals surface area contributed by atoms with E-state index in [0.29, 0.717) is 5.92 Å². The highest BCUT2D eigenvalue weighted by Crippen LogP contribution is 2.61. The van der Waals surface area contributed by atoms with Gasteiger partial charge in [-0.2, -0.15) is 0 Å². The highest BCUT2D eigenvalue weighted by Gasteiger charge is 2.50. The monoisotopic (exact) mass is 623 g/mol. The van der Waals surface area contributed by atoms with E-state index in [4.69, 9.17) is 0 Å². The molecule has 0 aromatic heterocycles. The summed E-state index contributed by atoms with van der Waals surface area (Å²) in [5, 5.41) is 4.93. The van der Waals surface area contributed by atoms with Crippen LogP contribution in [0.3, 0.4) is 0 Å². The Labute approximate surface area is 284 Å². The van der Waals surface area contributed by atoms with Gasteiger partial charge in [-0.05, 0) is 115 Å². The van der Waals surface area contributed by atoms with Crippen LogP contribution in [-0.2, 0) is 10.2 Å². The molecule has 0 heterocycles. The lowest BCUT2D eigenvalue weighted by Gasteiger charge is -2.34. The largest absolute Gasteiger partial charge is 0.310 e. The summed E-state index contributed by atoms with van der Waals surface area (Å²) in [6.07, 6.45) is 10.0. The lowest BCUT2D eigenvalue weighted by Crippen LogP contribution is -2.27. The van der Waals surface area contributed by atoms with Gasteiger partial charge < -0.3 is 4.90 Å². The van der Waals surface area contributed by atoms with E-state index in [1.165, 1.54) is 49.4 Å². The quantitative estimate of drug-likeness (QED) is 0.139. The Kier molecular flexibility index (Phi) is 6.86. The maximum Gasteiger partial charge on any atom is 0.145 e. The van der Waals surface area contributed by atoms with Crippen LogP contribution in [0.5, 0.6) is 0 Å². The molecule has 0 saturated heterocycles. The Morgan fingerprint density at radius 3 is 1.88 bits per heavy atom. The van der Waals surface area contributed by atoms with E-state index in [1.807, 2.05) is 13.0 Å². The van der Waals surface area contributed by atoms with Gasteiger partial charge in [0.2, 0.25) is 0 Å². The highest BCUT2D eigenvalue weighted by molar-refractivity contribution is 5.92. The molecule has 0 fully saturated rings. The van der Waals surface area contributed by atoms with Gasteiger partial charge in [0.15, 0.2) is 0 Å². The average molecular weight is 624 g/mol. The fourth-order valence-corrected chi connectivity index (χ4v) is 8.62. The molecule has 0 saturated carbocycles. The van der Waals surface area contributed by atoms with E-state index in [9.17, 15) is 4.79 Å². The van der Waals surface area contributed by atoms with Crippen molar-refractivity contribution in [2.75, 3.05) is 4.90 Å². The first kappa shape index (κ1) is 30.1. The highest BCUT2D eigenvalue weighted by atomic mass is 16.1. The van der Waals surface area contributed by atoms with Gasteiger partial charge in [0.25, 0.3) is 0 Å². The third-order valence-corrected chi connectivity index (χ3v) is 11.2. The van der Waals surface area contributed by atoms with Gasteiger partial charge in [-0.15, -0.1) is 0 Å². The Morgan fingerprint density at radius 2 is 1.29 bits per heavy atom. The zero-order valence-corrected chi connectivity index (χ0v) is 28.4. The fraction of sp³-hybridized carbons (Fsp3) is 0.196. The second-order valence-electron chi connectivity index (χ2n) is 14.8. The van der Waals surface area contributed by atoms with Crippen molar-refractivity contribution in [1.82, 2.24) is 0 Å². The number of benzene rings is 5. The molecule has 8 rings (SSSR count). The molecule has 5 aromatic rings. The zero-order chi connectivity index (χ0) is 33.4. The first-order chi connectivity index (χ1) is 23.1. The maximum absolute atomic E-state index is 11.6. The predicted octanol–water partition coefficient (Wildman–Crippen LogP) is 12.0. The number of aldehydes is 1. The minimum atomic E-state index is -0.222. The summed E-state index contributed by atoms with van der Waals surface area (Å²) in [6.45, 7) is 15.5. The fourth-order valence-electron chi connectivity index (χ4n) is 8.62. The third kappa shape index (κ3) is 4.50. The Hall–Kier alpha value is -5.21. The smallest absolute Gasteiger partial charge is 0.145 e. The van der Waals surface area contributed by atoms with Crippen LogP contribution >= 0.6 is 0 Å². The van der Waals surface area contributed by atoms with E-state index < -0.39 is 0 Å². The van der Waals surface area contributed by atoms with Crippen molar-refractivity contribution in [2.45, 2.75) is 46.0 Å². The molecular formula is C46H41NO. The minimum absolute atomic E-state index is 0.1000. The van der Waals surface area contributed by atoms with Crippen LogP contribution in [0.25, 0.3) is 21.5 Å². The van der Waals surface area contributed by atoms with Crippen LogP contribution in [0.15, 0.2) is 162 Å². The van der Waals surface area contributed by atoms with Crippen LogP contribution in [-0.4, -0.2) is 6.29 Å². The maximum atomic E-state index is 11.6. The summed E-state index contributed by atoms with van der Waals surface area (Å²) in [5.41, 5.74) is 11.6. The molecule has 0 aliphatic heterocycles. The molecule has 0 bridgehead atoms. The molecule has 5 aromatic carbocycles. The van der Waals surface area contributed by atoms with Gasteiger partial charge in [-0.3, -0.25) is 4.79 Å². The molecule has 236 valence electrons. The number of anilines is 3. The van der Waals surface area contributed by atoms with Gasteiger partial charge in [0.05, 0.1) is 0 Å². The van der Waals surface area contributed by atoms with Crippen molar-refractivity contribution in [3.05, 3.63) is 173 Å². The van der Waals surface area contributed by atoms with E-state index >= 15 is 0 Å². The molecule has 0 radical (unpaired) electrons. The molecule has 3 aliphatic rings. The molecular weight excluding hydrogens is 583 g/mol. The number of allylic oxidation sites excluding steroid dienone is 9. The van der Waals surface area contributed by atoms with Gasteiger partial charge in [-0.25, -0.2) is 0 Å². The summed E-state index contributed by atoms with van der Waals surface area (Å²) in [5.74, 6) is 0.580. The number of carbonyl (C=O) groups excluding carboxylic acids is 1. The molecule has 2 nitrogen and oxygen atoms in total. The topological polar surface area (TPSA) is 20.3 Å². The normalized spacial score (nSPS) is 20.6. The number of hydrogen-bond donors (Lipinski definition) is 0. The summed E-state index contributed by atoms with van der Waals surface area (Å²) < 4.78 is 0. The van der Waals surface area contributed by atoms with E-state index in [0.717, 1.165) is 34.5 Å². The summed E-state index contributed by atoms with van der Waals surface area (Å²) in [6, 6.07) is 37.9. The molecule has 0 spiro atoms. The van der Waals surface area contributed by atoms with E-state index in [2.05, 4.69) is 161 Å². The van der Waals surface area contributed by atoms with Crippen LogP contribution in [0.2, 0.25) is 0 Å². The molecule has 2 atom stereocenters. The summed E-state index contributed by atoms with van der Waals surface area (Å²) in [4.78, 5) is 14.0. The van der Waals surface area contributed by atoms with Crippen molar-refractivity contribution in [2.24, 2.45) is 11.3 Å². The first-order valence-corrected chi connectivity index (χ1v) is 17.0. The second kappa shape index (κ2) is 10.9. The van der Waals surface area contributed by atoms with Gasteiger partial charge >= 0.3 is 0 Å². The number of carbonyl (C=O) groups is 1. The van der Waals surface area contributed by atoms with Crippen molar-refractivity contribution in [1.29, 1.82) is 0 Å². The van der Waals surface area contributed by atoms with Crippen molar-refractivity contribution in [3.63, 3.8) is 0 Å². The predicted molar refractivity (Wildman–Crippen MR) is 202 cm³/mol. The molecule has 3 aliphatic carbocycles. The SMILES string of the molecule is C=CC1=C(/C=C(\C)C=O)C(C)(C)C2=CC3c4ccc(N(c5ccc6ccccc6c5)c5ccc6ccccc6c5)cc4C(C)(C)C3C=C21. The van der Waals surface area contributed by atoms with Gasteiger partial charge in [-0.1, -0.05) is 125 Å². The lowest BCUT2D eigenvalue weighted by molar-refractivity contribution is -0.104. The Morgan fingerprint density at radius 1 is 0.729 bits per heavy atom. The summed E-state index contributed by atoms with van der Waals surface area (Å²) in [7, 11) is 0. The molecule has 2 unspecified atom stereocenters. The molecule has 0 amide bonds. The van der Waals surface area contributed by atoms with Gasteiger partial charge in [0.1, 0.15) is 6.29 Å². The number of fused-ring (bicyclic) bond motifs is 6.